The second-order valence-corrected chi connectivity index (χ2v) is 3.76. The Kier molecular flexibility index (Phi) is 3.97. The van der Waals surface area contributed by atoms with Crippen LogP contribution in [0, 0.1) is 6.92 Å². The second kappa shape index (κ2) is 4.84. The zero-order valence-electron chi connectivity index (χ0n) is 8.30. The molecule has 0 radical (unpaired) electrons. The van der Waals surface area contributed by atoms with Gasteiger partial charge in [0.1, 0.15) is 0 Å². The highest BCUT2D eigenvalue weighted by molar-refractivity contribution is 6.37. The maximum atomic E-state index is 11.4. The van der Waals surface area contributed by atoms with Crippen LogP contribution in [0.2, 0.25) is 10.0 Å². The summed E-state index contributed by atoms with van der Waals surface area (Å²) in [5, 5.41) is 9.79. The van der Waals surface area contributed by atoms with E-state index in [1.165, 1.54) is 13.2 Å². The summed E-state index contributed by atoms with van der Waals surface area (Å²) in [5.74, 6) is -0.567. The van der Waals surface area contributed by atoms with E-state index < -0.39 is 5.97 Å². The van der Waals surface area contributed by atoms with Crippen LogP contribution in [-0.4, -0.2) is 18.2 Å². The molecule has 1 N–H and O–H groups in total. The maximum Gasteiger partial charge on any atom is 0.338 e. The standard InChI is InChI=1S/C10H10Cl2O3/c1-5-8(11)3-6(10(14)15-2)7(4-13)9(5)12/h3,13H,4H2,1-2H3. The van der Waals surface area contributed by atoms with Crippen LogP contribution in [0.5, 0.6) is 0 Å². The number of esters is 1. The van der Waals surface area contributed by atoms with Gasteiger partial charge in [-0.2, -0.15) is 0 Å². The van der Waals surface area contributed by atoms with Crippen LogP contribution in [0.25, 0.3) is 0 Å². The first-order valence-electron chi connectivity index (χ1n) is 4.19. The first-order chi connectivity index (χ1) is 7.02. The fourth-order valence-electron chi connectivity index (χ4n) is 1.22. The number of carbonyl (C=O) groups excluding carboxylic acids is 1. The molecule has 0 saturated carbocycles. The summed E-state index contributed by atoms with van der Waals surface area (Å²) in [5.41, 5.74) is 1.17. The van der Waals surface area contributed by atoms with E-state index in [2.05, 4.69) is 4.74 Å². The van der Waals surface area contributed by atoms with Crippen molar-refractivity contribution in [2.45, 2.75) is 13.5 Å². The van der Waals surface area contributed by atoms with E-state index in [9.17, 15) is 4.79 Å². The van der Waals surface area contributed by atoms with E-state index >= 15 is 0 Å². The number of carbonyl (C=O) groups is 1. The summed E-state index contributed by atoms with van der Waals surface area (Å²) in [4.78, 5) is 11.4. The summed E-state index contributed by atoms with van der Waals surface area (Å²) in [7, 11) is 1.26. The van der Waals surface area contributed by atoms with E-state index in [1.54, 1.807) is 6.92 Å². The molecule has 82 valence electrons. The number of hydrogen-bond donors (Lipinski definition) is 1. The molecule has 0 heterocycles. The fraction of sp³-hybridized carbons (Fsp3) is 0.300. The van der Waals surface area contributed by atoms with Crippen molar-refractivity contribution in [2.24, 2.45) is 0 Å². The third-order valence-corrected chi connectivity index (χ3v) is 3.02. The molecule has 1 aromatic carbocycles. The van der Waals surface area contributed by atoms with Crippen molar-refractivity contribution >= 4 is 29.2 Å². The van der Waals surface area contributed by atoms with Crippen LogP contribution >= 0.6 is 23.2 Å². The van der Waals surface area contributed by atoms with Gasteiger partial charge >= 0.3 is 5.97 Å². The molecule has 5 heteroatoms. The molecule has 0 spiro atoms. The molecule has 0 saturated heterocycles. The van der Waals surface area contributed by atoms with Gasteiger partial charge in [0.25, 0.3) is 0 Å². The Labute approximate surface area is 97.6 Å². The average Bonchev–Trinajstić information content (AvgIpc) is 2.24. The van der Waals surface area contributed by atoms with Crippen LogP contribution in [0.4, 0.5) is 0 Å². The van der Waals surface area contributed by atoms with E-state index in [4.69, 9.17) is 28.3 Å². The number of ether oxygens (including phenoxy) is 1. The normalized spacial score (nSPS) is 10.2. The summed E-state index contributed by atoms with van der Waals surface area (Å²) < 4.78 is 4.56. The van der Waals surface area contributed by atoms with Crippen LogP contribution in [0.3, 0.4) is 0 Å². The van der Waals surface area contributed by atoms with Gasteiger partial charge in [0, 0.05) is 10.6 Å². The molecular weight excluding hydrogens is 239 g/mol. The summed E-state index contributed by atoms with van der Waals surface area (Å²) >= 11 is 11.8. The molecule has 0 amide bonds. The highest BCUT2D eigenvalue weighted by Gasteiger charge is 2.18. The van der Waals surface area contributed by atoms with Crippen molar-refractivity contribution in [3.8, 4) is 0 Å². The number of hydrogen-bond acceptors (Lipinski definition) is 3. The summed E-state index contributed by atoms with van der Waals surface area (Å²) in [6, 6.07) is 1.44. The number of rotatable bonds is 2. The highest BCUT2D eigenvalue weighted by atomic mass is 35.5. The predicted molar refractivity (Wildman–Crippen MR) is 58.5 cm³/mol. The molecule has 15 heavy (non-hydrogen) atoms. The smallest absolute Gasteiger partial charge is 0.338 e. The van der Waals surface area contributed by atoms with E-state index in [1.807, 2.05) is 0 Å². The Morgan fingerprint density at radius 1 is 1.53 bits per heavy atom. The largest absolute Gasteiger partial charge is 0.465 e. The Hall–Kier alpha value is -0.770. The van der Waals surface area contributed by atoms with E-state index in [0.717, 1.165) is 0 Å². The molecule has 1 rings (SSSR count). The second-order valence-electron chi connectivity index (χ2n) is 2.97. The minimum absolute atomic E-state index is 0.195. The number of methoxy groups -OCH3 is 1. The van der Waals surface area contributed by atoms with Crippen LogP contribution in [0.15, 0.2) is 6.07 Å². The lowest BCUT2D eigenvalue weighted by Crippen LogP contribution is -2.07. The lowest BCUT2D eigenvalue weighted by atomic mass is 10.0. The number of aliphatic hydroxyl groups is 1. The molecule has 0 aliphatic rings. The van der Waals surface area contributed by atoms with Crippen molar-refractivity contribution in [3.05, 3.63) is 32.8 Å². The fourth-order valence-corrected chi connectivity index (χ4v) is 1.73. The van der Waals surface area contributed by atoms with Gasteiger partial charge in [-0.05, 0) is 18.6 Å². The third-order valence-electron chi connectivity index (χ3n) is 2.11. The van der Waals surface area contributed by atoms with Crippen molar-refractivity contribution < 1.29 is 14.6 Å². The van der Waals surface area contributed by atoms with Crippen LogP contribution in [-0.2, 0) is 11.3 Å². The Balaban J connectivity index is 3.45. The van der Waals surface area contributed by atoms with Crippen LogP contribution in [0.1, 0.15) is 21.5 Å². The molecule has 3 nitrogen and oxygen atoms in total. The molecule has 0 aromatic heterocycles. The number of aliphatic hydroxyl groups excluding tert-OH is 1. The molecule has 0 unspecified atom stereocenters. The minimum atomic E-state index is -0.567. The summed E-state index contributed by atoms with van der Waals surface area (Å²) in [6.45, 7) is 1.38. The van der Waals surface area contributed by atoms with Gasteiger partial charge in [-0.3, -0.25) is 0 Å². The van der Waals surface area contributed by atoms with Crippen molar-refractivity contribution in [2.75, 3.05) is 7.11 Å². The lowest BCUT2D eigenvalue weighted by Gasteiger charge is -2.11. The van der Waals surface area contributed by atoms with Gasteiger partial charge in [-0.25, -0.2) is 4.79 Å². The van der Waals surface area contributed by atoms with Gasteiger partial charge in [-0.15, -0.1) is 0 Å². The lowest BCUT2D eigenvalue weighted by molar-refractivity contribution is 0.0597. The topological polar surface area (TPSA) is 46.5 Å². The molecule has 0 fully saturated rings. The zero-order valence-corrected chi connectivity index (χ0v) is 9.82. The van der Waals surface area contributed by atoms with Gasteiger partial charge in [0.2, 0.25) is 0 Å². The van der Waals surface area contributed by atoms with Gasteiger partial charge in [-0.1, -0.05) is 23.2 Å². The first kappa shape index (κ1) is 12.3. The van der Waals surface area contributed by atoms with Gasteiger partial charge in [0.15, 0.2) is 0 Å². The van der Waals surface area contributed by atoms with Crippen molar-refractivity contribution in [1.82, 2.24) is 0 Å². The van der Waals surface area contributed by atoms with Crippen molar-refractivity contribution in [3.63, 3.8) is 0 Å². The molecule has 0 aliphatic heterocycles. The Bertz CT molecular complexity index is 402. The maximum absolute atomic E-state index is 11.4. The van der Waals surface area contributed by atoms with Gasteiger partial charge in [0.05, 0.1) is 24.3 Å². The first-order valence-corrected chi connectivity index (χ1v) is 4.95. The SMILES string of the molecule is COC(=O)c1cc(Cl)c(C)c(Cl)c1CO. The van der Waals surface area contributed by atoms with Gasteiger partial charge < -0.3 is 9.84 Å². The number of benzene rings is 1. The quantitative estimate of drug-likeness (QED) is 0.819. The third kappa shape index (κ3) is 2.25. The Morgan fingerprint density at radius 3 is 2.60 bits per heavy atom. The zero-order chi connectivity index (χ0) is 11.6. The average molecular weight is 249 g/mol. The van der Waals surface area contributed by atoms with Crippen molar-refractivity contribution in [1.29, 1.82) is 0 Å². The highest BCUT2D eigenvalue weighted by Crippen LogP contribution is 2.30. The molecule has 1 aromatic rings. The van der Waals surface area contributed by atoms with Crippen LogP contribution < -0.4 is 0 Å². The molecule has 0 aliphatic carbocycles. The molecule has 0 atom stereocenters. The minimum Gasteiger partial charge on any atom is -0.465 e. The summed E-state index contributed by atoms with van der Waals surface area (Å²) in [6.07, 6.45) is 0. The predicted octanol–water partition coefficient (Wildman–Crippen LogP) is 2.58. The van der Waals surface area contributed by atoms with E-state index in [-0.39, 0.29) is 12.2 Å². The molecular formula is C10H10Cl2O3. The number of halogens is 2. The monoisotopic (exact) mass is 248 g/mol. The van der Waals surface area contributed by atoms with E-state index in [0.29, 0.717) is 21.2 Å². The Morgan fingerprint density at radius 2 is 2.13 bits per heavy atom. The molecule has 0 bridgehead atoms.